The molecule has 0 aliphatic carbocycles. The van der Waals surface area contributed by atoms with Gasteiger partial charge in [-0.1, -0.05) is 30.3 Å². The number of rotatable bonds is 6. The van der Waals surface area contributed by atoms with Crippen molar-refractivity contribution >= 4 is 23.0 Å². The van der Waals surface area contributed by atoms with E-state index in [-0.39, 0.29) is 0 Å². The molecule has 22 heavy (non-hydrogen) atoms. The van der Waals surface area contributed by atoms with Crippen molar-refractivity contribution < 1.29 is 9.47 Å². The molecule has 0 heterocycles. The van der Waals surface area contributed by atoms with Crippen molar-refractivity contribution in [2.45, 2.75) is 6.42 Å². The molecule has 0 saturated carbocycles. The van der Waals surface area contributed by atoms with Gasteiger partial charge in [0.05, 0.1) is 14.2 Å². The molecule has 4 nitrogen and oxygen atoms in total. The van der Waals surface area contributed by atoms with Gasteiger partial charge >= 0.3 is 0 Å². The summed E-state index contributed by atoms with van der Waals surface area (Å²) in [7, 11) is 3.22. The minimum absolute atomic E-state index is 0.586. The van der Waals surface area contributed by atoms with Crippen LogP contribution in [0.15, 0.2) is 48.5 Å². The van der Waals surface area contributed by atoms with Crippen LogP contribution in [0.1, 0.15) is 5.56 Å². The van der Waals surface area contributed by atoms with Crippen molar-refractivity contribution in [3.8, 4) is 11.5 Å². The van der Waals surface area contributed by atoms with Gasteiger partial charge in [0, 0.05) is 18.3 Å². The minimum atomic E-state index is 0.586. The van der Waals surface area contributed by atoms with Crippen molar-refractivity contribution in [2.75, 3.05) is 26.1 Å². The lowest BCUT2D eigenvalue weighted by Crippen LogP contribution is -2.30. The first kappa shape index (κ1) is 16.1. The van der Waals surface area contributed by atoms with E-state index in [2.05, 4.69) is 22.8 Å². The number of hydrogen-bond acceptors (Lipinski definition) is 3. The van der Waals surface area contributed by atoms with E-state index in [9.17, 15) is 0 Å². The fourth-order valence-corrected chi connectivity index (χ4v) is 2.27. The first-order valence-electron chi connectivity index (χ1n) is 7.03. The fourth-order valence-electron chi connectivity index (χ4n) is 2.05. The van der Waals surface area contributed by atoms with Crippen LogP contribution in [0.4, 0.5) is 5.69 Å². The number of anilines is 1. The molecule has 0 atom stereocenters. The molecule has 0 fully saturated rings. The van der Waals surface area contributed by atoms with E-state index < -0.39 is 0 Å². The van der Waals surface area contributed by atoms with E-state index in [4.69, 9.17) is 21.7 Å². The lowest BCUT2D eigenvalue weighted by molar-refractivity contribution is 0.355. The summed E-state index contributed by atoms with van der Waals surface area (Å²) in [4.78, 5) is 0. The Morgan fingerprint density at radius 2 is 1.73 bits per heavy atom. The summed E-state index contributed by atoms with van der Waals surface area (Å²) in [6.07, 6.45) is 0.925. The quantitative estimate of drug-likeness (QED) is 0.801. The average molecular weight is 316 g/mol. The number of methoxy groups -OCH3 is 2. The zero-order valence-electron chi connectivity index (χ0n) is 12.8. The van der Waals surface area contributed by atoms with Gasteiger partial charge in [-0.25, -0.2) is 0 Å². The molecule has 5 heteroatoms. The summed E-state index contributed by atoms with van der Waals surface area (Å²) in [6, 6.07) is 15.9. The van der Waals surface area contributed by atoms with Crippen LogP contribution in [-0.4, -0.2) is 25.9 Å². The molecule has 2 rings (SSSR count). The van der Waals surface area contributed by atoms with Crippen LogP contribution >= 0.6 is 12.2 Å². The fraction of sp³-hybridized carbons (Fsp3) is 0.235. The molecule has 0 aliphatic heterocycles. The third kappa shape index (κ3) is 4.63. The molecule has 0 saturated heterocycles. The lowest BCUT2D eigenvalue weighted by Gasteiger charge is -2.13. The van der Waals surface area contributed by atoms with Crippen LogP contribution in [0.25, 0.3) is 0 Å². The molecule has 0 radical (unpaired) electrons. The molecule has 0 aliphatic rings. The molecule has 0 unspecified atom stereocenters. The molecule has 2 aromatic carbocycles. The summed E-state index contributed by atoms with van der Waals surface area (Å²) in [5, 5.41) is 6.92. The molecular formula is C17H20N2O2S. The van der Waals surface area contributed by atoms with Gasteiger partial charge in [-0.05, 0) is 36.3 Å². The van der Waals surface area contributed by atoms with E-state index in [1.54, 1.807) is 14.2 Å². The Bertz CT molecular complexity index is 617. The maximum absolute atomic E-state index is 5.30. The number of hydrogen-bond donors (Lipinski definition) is 2. The lowest BCUT2D eigenvalue weighted by atomic mass is 10.1. The Balaban J connectivity index is 1.84. The van der Waals surface area contributed by atoms with E-state index in [1.165, 1.54) is 5.56 Å². The average Bonchev–Trinajstić information content (AvgIpc) is 2.55. The third-order valence-corrected chi connectivity index (χ3v) is 3.43. The van der Waals surface area contributed by atoms with E-state index in [1.807, 2.05) is 36.4 Å². The molecule has 2 N–H and O–H groups in total. The van der Waals surface area contributed by atoms with Crippen molar-refractivity contribution in [1.29, 1.82) is 0 Å². The van der Waals surface area contributed by atoms with Gasteiger partial charge in [0.15, 0.2) is 16.6 Å². The highest BCUT2D eigenvalue weighted by molar-refractivity contribution is 7.80. The summed E-state index contributed by atoms with van der Waals surface area (Å²) in [6.45, 7) is 0.781. The Labute approximate surface area is 136 Å². The van der Waals surface area contributed by atoms with Crippen LogP contribution in [0.5, 0.6) is 11.5 Å². The molecular weight excluding hydrogens is 296 g/mol. The van der Waals surface area contributed by atoms with Crippen LogP contribution in [0.2, 0.25) is 0 Å². The van der Waals surface area contributed by atoms with Crippen LogP contribution in [-0.2, 0) is 6.42 Å². The first-order valence-corrected chi connectivity index (χ1v) is 7.44. The zero-order chi connectivity index (χ0) is 15.8. The maximum Gasteiger partial charge on any atom is 0.170 e. The third-order valence-electron chi connectivity index (χ3n) is 3.18. The van der Waals surface area contributed by atoms with Crippen molar-refractivity contribution in [3.63, 3.8) is 0 Å². The second-order valence-electron chi connectivity index (χ2n) is 4.69. The number of benzene rings is 2. The van der Waals surface area contributed by atoms with Crippen LogP contribution in [0, 0.1) is 0 Å². The Kier molecular flexibility index (Phi) is 6.03. The van der Waals surface area contributed by atoms with Gasteiger partial charge in [0.25, 0.3) is 0 Å². The van der Waals surface area contributed by atoms with E-state index >= 15 is 0 Å². The summed E-state index contributed by atoms with van der Waals surface area (Å²) in [5.74, 6) is 1.36. The molecule has 0 amide bonds. The van der Waals surface area contributed by atoms with E-state index in [0.29, 0.717) is 16.6 Å². The highest BCUT2D eigenvalue weighted by Gasteiger charge is 2.05. The molecule has 2 aromatic rings. The van der Waals surface area contributed by atoms with Crippen LogP contribution in [0.3, 0.4) is 0 Å². The predicted molar refractivity (Wildman–Crippen MR) is 93.9 cm³/mol. The Hall–Kier alpha value is -2.27. The minimum Gasteiger partial charge on any atom is -0.493 e. The molecule has 0 spiro atoms. The van der Waals surface area contributed by atoms with Gasteiger partial charge in [0.1, 0.15) is 0 Å². The standard InChI is InChI=1S/C17H20N2O2S/c1-20-15-9-8-14(12-16(15)21-2)19-17(22)18-11-10-13-6-4-3-5-7-13/h3-9,12H,10-11H2,1-2H3,(H2,18,19,22). The summed E-state index contributed by atoms with van der Waals surface area (Å²) < 4.78 is 10.5. The molecule has 116 valence electrons. The van der Waals surface area contributed by atoms with Gasteiger partial charge in [-0.15, -0.1) is 0 Å². The topological polar surface area (TPSA) is 42.5 Å². The largest absolute Gasteiger partial charge is 0.493 e. The Morgan fingerprint density at radius 1 is 1.00 bits per heavy atom. The maximum atomic E-state index is 5.30. The normalized spacial score (nSPS) is 9.91. The highest BCUT2D eigenvalue weighted by Crippen LogP contribution is 2.29. The Morgan fingerprint density at radius 3 is 2.41 bits per heavy atom. The first-order chi connectivity index (χ1) is 10.7. The van der Waals surface area contributed by atoms with Crippen molar-refractivity contribution in [2.24, 2.45) is 0 Å². The van der Waals surface area contributed by atoms with Crippen molar-refractivity contribution in [1.82, 2.24) is 5.32 Å². The number of nitrogens with one attached hydrogen (secondary N) is 2. The predicted octanol–water partition coefficient (Wildman–Crippen LogP) is 3.23. The van der Waals surface area contributed by atoms with Gasteiger partial charge in [-0.3, -0.25) is 0 Å². The monoisotopic (exact) mass is 316 g/mol. The van der Waals surface area contributed by atoms with Crippen LogP contribution < -0.4 is 20.1 Å². The zero-order valence-corrected chi connectivity index (χ0v) is 13.6. The highest BCUT2D eigenvalue weighted by atomic mass is 32.1. The van der Waals surface area contributed by atoms with Gasteiger partial charge in [-0.2, -0.15) is 0 Å². The summed E-state index contributed by atoms with van der Waals surface area (Å²) >= 11 is 5.30. The summed E-state index contributed by atoms with van der Waals surface area (Å²) in [5.41, 5.74) is 2.14. The van der Waals surface area contributed by atoms with Crippen molar-refractivity contribution in [3.05, 3.63) is 54.1 Å². The van der Waals surface area contributed by atoms with E-state index in [0.717, 1.165) is 18.7 Å². The smallest absolute Gasteiger partial charge is 0.170 e. The SMILES string of the molecule is COc1ccc(NC(=S)NCCc2ccccc2)cc1OC. The van der Waals surface area contributed by atoms with Gasteiger partial charge in [0.2, 0.25) is 0 Å². The van der Waals surface area contributed by atoms with Gasteiger partial charge < -0.3 is 20.1 Å². The number of thiocarbonyl (C=S) groups is 1. The second-order valence-corrected chi connectivity index (χ2v) is 5.09. The molecule has 0 aromatic heterocycles. The molecule has 0 bridgehead atoms. The number of ether oxygens (including phenoxy) is 2. The second kappa shape index (κ2) is 8.24.